The van der Waals surface area contributed by atoms with Crippen LogP contribution in [0.4, 0.5) is 0 Å². The van der Waals surface area contributed by atoms with Crippen molar-refractivity contribution in [2.75, 3.05) is 26.8 Å². The summed E-state index contributed by atoms with van der Waals surface area (Å²) in [5.41, 5.74) is 1.12. The molecule has 0 N–H and O–H groups in total. The molecule has 0 bridgehead atoms. The lowest BCUT2D eigenvalue weighted by atomic mass is 9.75. The summed E-state index contributed by atoms with van der Waals surface area (Å²) in [5.74, 6) is 1.29. The van der Waals surface area contributed by atoms with Crippen LogP contribution in [0.2, 0.25) is 0 Å². The number of oxazole rings is 1. The number of nitrogens with zero attached hydrogens (tertiary/aromatic N) is 5. The number of ether oxygens (including phenoxy) is 1. The Kier molecular flexibility index (Phi) is 5.39. The minimum absolute atomic E-state index is 0.133. The molecule has 0 atom stereocenters. The predicted molar refractivity (Wildman–Crippen MR) is 102 cm³/mol. The summed E-state index contributed by atoms with van der Waals surface area (Å²) >= 11 is 0. The Morgan fingerprint density at radius 3 is 2.69 bits per heavy atom. The molecule has 4 rings (SSSR count). The first kappa shape index (κ1) is 19.3. The van der Waals surface area contributed by atoms with Crippen LogP contribution >= 0.6 is 0 Å². The fourth-order valence-electron chi connectivity index (χ4n) is 3.72. The van der Waals surface area contributed by atoms with Gasteiger partial charge in [0.15, 0.2) is 12.2 Å². The van der Waals surface area contributed by atoms with Crippen LogP contribution in [0.25, 0.3) is 11.5 Å². The molecular weight excluding hydrogens is 374 g/mol. The monoisotopic (exact) mass is 397 g/mol. The largest absolute Gasteiger partial charge is 0.438 e. The van der Waals surface area contributed by atoms with Crippen LogP contribution in [-0.4, -0.2) is 57.7 Å². The summed E-state index contributed by atoms with van der Waals surface area (Å²) in [6, 6.07) is 3.67. The summed E-state index contributed by atoms with van der Waals surface area (Å²) in [4.78, 5) is 27.2. The molecular formula is C20H23N5O4. The summed E-state index contributed by atoms with van der Waals surface area (Å²) in [6.07, 6.45) is 6.86. The zero-order valence-electron chi connectivity index (χ0n) is 16.5. The second-order valence-electron chi connectivity index (χ2n) is 7.24. The Hall–Kier alpha value is -3.07. The van der Waals surface area contributed by atoms with Crippen molar-refractivity contribution in [3.8, 4) is 11.5 Å². The fourth-order valence-corrected chi connectivity index (χ4v) is 3.72. The number of carbonyl (C=O) groups excluding carboxylic acids is 1. The van der Waals surface area contributed by atoms with Crippen LogP contribution in [0, 0.1) is 6.92 Å². The molecule has 1 aliphatic heterocycles. The van der Waals surface area contributed by atoms with E-state index < -0.39 is 0 Å². The summed E-state index contributed by atoms with van der Waals surface area (Å²) in [6.45, 7) is 3.49. The first-order valence-corrected chi connectivity index (χ1v) is 9.56. The number of aryl methyl sites for hydroxylation is 1. The number of amides is 1. The number of pyridine rings is 1. The zero-order valence-corrected chi connectivity index (χ0v) is 16.5. The van der Waals surface area contributed by atoms with Gasteiger partial charge in [0.2, 0.25) is 5.76 Å². The Balaban J connectivity index is 1.54. The van der Waals surface area contributed by atoms with Gasteiger partial charge < -0.3 is 18.6 Å². The molecule has 0 aromatic carbocycles. The third kappa shape index (κ3) is 3.77. The number of hydrogen-bond donors (Lipinski definition) is 0. The van der Waals surface area contributed by atoms with E-state index >= 15 is 0 Å². The molecule has 152 valence electrons. The molecule has 3 aromatic rings. The first-order valence-electron chi connectivity index (χ1n) is 9.56. The normalized spacial score (nSPS) is 16.1. The van der Waals surface area contributed by atoms with Crippen molar-refractivity contribution in [2.45, 2.75) is 31.6 Å². The van der Waals surface area contributed by atoms with Crippen LogP contribution in [-0.2, 0) is 10.2 Å². The first-order chi connectivity index (χ1) is 14.1. The number of carbonyl (C=O) groups is 1. The highest BCUT2D eigenvalue weighted by atomic mass is 16.5. The van der Waals surface area contributed by atoms with E-state index in [0.717, 1.165) is 12.0 Å². The molecule has 0 saturated carbocycles. The van der Waals surface area contributed by atoms with E-state index in [4.69, 9.17) is 13.7 Å². The number of rotatable bonds is 6. The van der Waals surface area contributed by atoms with E-state index in [0.29, 0.717) is 55.7 Å². The van der Waals surface area contributed by atoms with Gasteiger partial charge >= 0.3 is 0 Å². The third-order valence-electron chi connectivity index (χ3n) is 5.56. The second kappa shape index (κ2) is 8.12. The average Bonchev–Trinajstić information content (AvgIpc) is 3.42. The van der Waals surface area contributed by atoms with E-state index in [1.54, 1.807) is 31.3 Å². The van der Waals surface area contributed by atoms with E-state index in [1.165, 1.54) is 6.39 Å². The van der Waals surface area contributed by atoms with Gasteiger partial charge in [0.1, 0.15) is 0 Å². The predicted octanol–water partition coefficient (Wildman–Crippen LogP) is 2.64. The molecule has 9 heteroatoms. The van der Waals surface area contributed by atoms with Crippen molar-refractivity contribution >= 4 is 5.91 Å². The van der Waals surface area contributed by atoms with Crippen LogP contribution in [0.1, 0.15) is 41.3 Å². The van der Waals surface area contributed by atoms with Crippen molar-refractivity contribution < 1.29 is 18.5 Å². The second-order valence-corrected chi connectivity index (χ2v) is 7.24. The molecule has 1 saturated heterocycles. The van der Waals surface area contributed by atoms with E-state index in [1.807, 2.05) is 12.1 Å². The van der Waals surface area contributed by atoms with Crippen LogP contribution in [0.5, 0.6) is 0 Å². The minimum Gasteiger partial charge on any atom is -0.438 e. The molecule has 3 aromatic heterocycles. The summed E-state index contributed by atoms with van der Waals surface area (Å²) < 4.78 is 16.1. The molecule has 0 radical (unpaired) electrons. The van der Waals surface area contributed by atoms with Gasteiger partial charge in [-0.1, -0.05) is 5.16 Å². The van der Waals surface area contributed by atoms with Crippen molar-refractivity contribution in [3.05, 3.63) is 48.2 Å². The highest BCUT2D eigenvalue weighted by Gasteiger charge is 2.41. The van der Waals surface area contributed by atoms with Gasteiger partial charge in [-0.05, 0) is 38.3 Å². The highest BCUT2D eigenvalue weighted by Crippen LogP contribution is 2.38. The smallest absolute Gasteiger partial charge is 0.291 e. The molecule has 1 fully saturated rings. The van der Waals surface area contributed by atoms with Gasteiger partial charge in [-0.25, -0.2) is 4.98 Å². The molecule has 9 nitrogen and oxygen atoms in total. The SMILES string of the molecule is COCCC1(c2noc(-c3ccncc3)n2)CCN(C(=O)c2ocnc2C)CC1. The van der Waals surface area contributed by atoms with Crippen molar-refractivity contribution in [2.24, 2.45) is 0 Å². The Labute approximate surface area is 168 Å². The number of piperidine rings is 1. The zero-order chi connectivity index (χ0) is 20.3. The molecule has 29 heavy (non-hydrogen) atoms. The molecule has 4 heterocycles. The quantitative estimate of drug-likeness (QED) is 0.625. The summed E-state index contributed by atoms with van der Waals surface area (Å²) in [7, 11) is 1.68. The Morgan fingerprint density at radius 2 is 2.03 bits per heavy atom. The maximum atomic E-state index is 12.7. The molecule has 0 unspecified atom stereocenters. The molecule has 0 aliphatic carbocycles. The highest BCUT2D eigenvalue weighted by molar-refractivity contribution is 5.92. The van der Waals surface area contributed by atoms with Gasteiger partial charge in [0.05, 0.1) is 5.69 Å². The minimum atomic E-state index is -0.308. The Morgan fingerprint density at radius 1 is 1.28 bits per heavy atom. The van der Waals surface area contributed by atoms with Crippen molar-refractivity contribution in [1.82, 2.24) is 25.0 Å². The number of likely N-dealkylation sites (tertiary alicyclic amines) is 1. The number of hydrogen-bond acceptors (Lipinski definition) is 8. The van der Waals surface area contributed by atoms with Gasteiger partial charge in [-0.3, -0.25) is 9.78 Å². The topological polar surface area (TPSA) is 107 Å². The van der Waals surface area contributed by atoms with Crippen molar-refractivity contribution in [1.29, 1.82) is 0 Å². The standard InChI is InChI=1S/C20H23N5O4/c1-14-16(28-13-22-14)18(26)25-10-5-20(6-11-25,7-12-27-2)19-23-17(29-24-19)15-3-8-21-9-4-15/h3-4,8-9,13H,5-7,10-12H2,1-2H3. The van der Waals surface area contributed by atoms with Gasteiger partial charge in [-0.15, -0.1) is 0 Å². The van der Waals surface area contributed by atoms with Crippen LogP contribution in [0.15, 0.2) is 39.9 Å². The van der Waals surface area contributed by atoms with E-state index in [-0.39, 0.29) is 11.3 Å². The number of aromatic nitrogens is 4. The van der Waals surface area contributed by atoms with E-state index in [9.17, 15) is 4.79 Å². The van der Waals surface area contributed by atoms with Crippen LogP contribution in [0.3, 0.4) is 0 Å². The van der Waals surface area contributed by atoms with Crippen molar-refractivity contribution in [3.63, 3.8) is 0 Å². The van der Waals surface area contributed by atoms with E-state index in [2.05, 4.69) is 20.1 Å². The fraction of sp³-hybridized carbons (Fsp3) is 0.450. The molecule has 1 amide bonds. The van der Waals surface area contributed by atoms with Gasteiger partial charge in [-0.2, -0.15) is 4.98 Å². The molecule has 1 aliphatic rings. The third-order valence-corrected chi connectivity index (χ3v) is 5.56. The van der Waals surface area contributed by atoms with Gasteiger partial charge in [0.25, 0.3) is 11.8 Å². The maximum Gasteiger partial charge on any atom is 0.291 e. The average molecular weight is 397 g/mol. The lowest BCUT2D eigenvalue weighted by molar-refractivity contribution is 0.0586. The lowest BCUT2D eigenvalue weighted by Gasteiger charge is -2.39. The Bertz CT molecular complexity index is 960. The van der Waals surface area contributed by atoms with Crippen LogP contribution < -0.4 is 0 Å². The van der Waals surface area contributed by atoms with Gasteiger partial charge in [0, 0.05) is 50.2 Å². The maximum absolute atomic E-state index is 12.7. The summed E-state index contributed by atoms with van der Waals surface area (Å²) in [5, 5.41) is 4.28. The molecule has 0 spiro atoms. The lowest BCUT2D eigenvalue weighted by Crippen LogP contribution is -2.46. The number of methoxy groups -OCH3 is 1.